The van der Waals surface area contributed by atoms with Gasteiger partial charge in [-0.2, -0.15) is 8.75 Å². The molecule has 0 aromatic carbocycles. The smallest absolute Gasteiger partial charge is 0.128 e. The number of hydrogen-bond acceptors (Lipinski definition) is 6. The number of nitrogens with zero attached hydrogens (tertiary/aromatic N) is 3. The molecule has 0 unspecified atom stereocenters. The van der Waals surface area contributed by atoms with Crippen LogP contribution in [0.3, 0.4) is 0 Å². The maximum atomic E-state index is 6.11. The van der Waals surface area contributed by atoms with Gasteiger partial charge in [-0.3, -0.25) is 4.98 Å². The molecule has 17 heavy (non-hydrogen) atoms. The van der Waals surface area contributed by atoms with Crippen LogP contribution < -0.4 is 11.5 Å². The molecule has 2 aromatic heterocycles. The van der Waals surface area contributed by atoms with Crippen LogP contribution in [-0.4, -0.2) is 13.7 Å². The molecule has 0 aliphatic carbocycles. The van der Waals surface area contributed by atoms with Gasteiger partial charge in [0.15, 0.2) is 0 Å². The number of hydrogen-bond donors (Lipinski definition) is 2. The molecule has 0 aliphatic heterocycles. The van der Waals surface area contributed by atoms with Gasteiger partial charge in [-0.15, -0.1) is 0 Å². The molecule has 0 saturated carbocycles. The zero-order valence-electron chi connectivity index (χ0n) is 10.5. The van der Waals surface area contributed by atoms with Crippen molar-refractivity contribution >= 4 is 22.8 Å². The SMILES string of the molecule is CC(C)(N)c1cnc(C(C)(C)N)c2nsnc12. The molecule has 0 aliphatic rings. The lowest BCUT2D eigenvalue weighted by atomic mass is 9.93. The fourth-order valence-corrected chi connectivity index (χ4v) is 2.28. The largest absolute Gasteiger partial charge is 0.322 e. The quantitative estimate of drug-likeness (QED) is 0.843. The van der Waals surface area contributed by atoms with Gasteiger partial charge >= 0.3 is 0 Å². The average Bonchev–Trinajstić information content (AvgIpc) is 2.60. The Morgan fingerprint density at radius 3 is 2.12 bits per heavy atom. The van der Waals surface area contributed by atoms with Crippen molar-refractivity contribution in [1.82, 2.24) is 13.7 Å². The number of rotatable bonds is 2. The van der Waals surface area contributed by atoms with E-state index in [1.165, 1.54) is 0 Å². The van der Waals surface area contributed by atoms with Crippen molar-refractivity contribution in [2.75, 3.05) is 0 Å². The van der Waals surface area contributed by atoms with E-state index in [1.807, 2.05) is 27.7 Å². The minimum atomic E-state index is -0.536. The van der Waals surface area contributed by atoms with Crippen LogP contribution >= 0.6 is 11.7 Å². The highest BCUT2D eigenvalue weighted by Gasteiger charge is 2.26. The van der Waals surface area contributed by atoms with Crippen molar-refractivity contribution in [3.63, 3.8) is 0 Å². The van der Waals surface area contributed by atoms with Crippen LogP contribution in [0, 0.1) is 0 Å². The summed E-state index contributed by atoms with van der Waals surface area (Å²) in [5.74, 6) is 0. The standard InChI is InChI=1S/C11H17N5S/c1-10(2,12)6-5-14-9(11(3,4)13)8-7(6)15-17-16-8/h5H,12-13H2,1-4H3. The third-order valence-corrected chi connectivity index (χ3v) is 3.12. The minimum absolute atomic E-state index is 0.488. The fourth-order valence-electron chi connectivity index (χ4n) is 1.72. The number of pyridine rings is 1. The molecular formula is C11H17N5S. The predicted octanol–water partition coefficient (Wildman–Crippen LogP) is 1.47. The third kappa shape index (κ3) is 2.15. The Labute approximate surface area is 105 Å². The molecule has 0 fully saturated rings. The summed E-state index contributed by atoms with van der Waals surface area (Å²) in [6.07, 6.45) is 1.76. The van der Waals surface area contributed by atoms with Gasteiger partial charge in [0.05, 0.1) is 23.0 Å². The van der Waals surface area contributed by atoms with Gasteiger partial charge in [0, 0.05) is 17.3 Å². The van der Waals surface area contributed by atoms with E-state index in [0.717, 1.165) is 34.0 Å². The Kier molecular flexibility index (Phi) is 2.68. The van der Waals surface area contributed by atoms with E-state index in [9.17, 15) is 0 Å². The van der Waals surface area contributed by atoms with E-state index in [-0.39, 0.29) is 0 Å². The molecule has 0 radical (unpaired) electrons. The Morgan fingerprint density at radius 2 is 1.59 bits per heavy atom. The summed E-state index contributed by atoms with van der Waals surface area (Å²) in [5, 5.41) is 0. The summed E-state index contributed by atoms with van der Waals surface area (Å²) in [6.45, 7) is 7.66. The first-order chi connectivity index (χ1) is 7.71. The van der Waals surface area contributed by atoms with Crippen LogP contribution in [0.1, 0.15) is 39.0 Å². The minimum Gasteiger partial charge on any atom is -0.322 e. The number of nitrogens with two attached hydrogens (primary N) is 2. The summed E-state index contributed by atoms with van der Waals surface area (Å²) < 4.78 is 8.61. The van der Waals surface area contributed by atoms with E-state index in [1.54, 1.807) is 6.20 Å². The van der Waals surface area contributed by atoms with Gasteiger partial charge in [0.2, 0.25) is 0 Å². The molecule has 0 spiro atoms. The first-order valence-corrected chi connectivity index (χ1v) is 6.14. The van der Waals surface area contributed by atoms with Crippen LogP contribution in [-0.2, 0) is 11.1 Å². The van der Waals surface area contributed by atoms with Crippen molar-refractivity contribution < 1.29 is 0 Å². The summed E-state index contributed by atoms with van der Waals surface area (Å²) in [4.78, 5) is 4.42. The summed E-state index contributed by atoms with van der Waals surface area (Å²) in [7, 11) is 0. The van der Waals surface area contributed by atoms with Gasteiger partial charge in [-0.1, -0.05) is 0 Å². The van der Waals surface area contributed by atoms with Crippen LogP contribution in [0.15, 0.2) is 6.20 Å². The van der Waals surface area contributed by atoms with E-state index in [0.29, 0.717) is 0 Å². The van der Waals surface area contributed by atoms with E-state index < -0.39 is 11.1 Å². The Hall–Kier alpha value is -1.11. The molecule has 2 rings (SSSR count). The van der Waals surface area contributed by atoms with Crippen LogP contribution in [0.2, 0.25) is 0 Å². The molecule has 6 heteroatoms. The number of fused-ring (bicyclic) bond motifs is 1. The zero-order chi connectivity index (χ0) is 12.8. The first-order valence-electron chi connectivity index (χ1n) is 5.41. The molecule has 0 bridgehead atoms. The molecule has 0 saturated heterocycles. The van der Waals surface area contributed by atoms with Gasteiger partial charge in [-0.05, 0) is 27.7 Å². The highest BCUT2D eigenvalue weighted by Crippen LogP contribution is 2.29. The highest BCUT2D eigenvalue weighted by atomic mass is 32.1. The molecule has 92 valence electrons. The second-order valence-corrected chi connectivity index (χ2v) is 5.95. The maximum Gasteiger partial charge on any atom is 0.128 e. The molecule has 2 heterocycles. The predicted molar refractivity (Wildman–Crippen MR) is 69.6 cm³/mol. The molecule has 5 nitrogen and oxygen atoms in total. The lowest BCUT2D eigenvalue weighted by molar-refractivity contribution is 0.531. The first kappa shape index (κ1) is 12.3. The summed E-state index contributed by atoms with van der Waals surface area (Å²) in [6, 6.07) is 0. The van der Waals surface area contributed by atoms with Gasteiger partial charge in [0.25, 0.3) is 0 Å². The van der Waals surface area contributed by atoms with E-state index in [4.69, 9.17) is 11.5 Å². The molecule has 0 amide bonds. The van der Waals surface area contributed by atoms with E-state index in [2.05, 4.69) is 13.7 Å². The van der Waals surface area contributed by atoms with Crippen LogP contribution in [0.25, 0.3) is 11.0 Å². The Bertz CT molecular complexity index is 499. The Balaban J connectivity index is 2.76. The molecule has 4 N–H and O–H groups in total. The normalized spacial score (nSPS) is 13.3. The highest BCUT2D eigenvalue weighted by molar-refractivity contribution is 7.00. The van der Waals surface area contributed by atoms with E-state index >= 15 is 0 Å². The lowest BCUT2D eigenvalue weighted by Gasteiger charge is -2.22. The summed E-state index contributed by atoms with van der Waals surface area (Å²) in [5.41, 5.74) is 14.4. The molecular weight excluding hydrogens is 234 g/mol. The van der Waals surface area contributed by atoms with Gasteiger partial charge < -0.3 is 11.5 Å². The Morgan fingerprint density at radius 1 is 1.00 bits per heavy atom. The molecule has 2 aromatic rings. The lowest BCUT2D eigenvalue weighted by Crippen LogP contribution is -2.32. The topological polar surface area (TPSA) is 90.7 Å². The van der Waals surface area contributed by atoms with Crippen molar-refractivity contribution in [2.24, 2.45) is 11.5 Å². The fraction of sp³-hybridized carbons (Fsp3) is 0.545. The average molecular weight is 251 g/mol. The van der Waals surface area contributed by atoms with Crippen LogP contribution in [0.4, 0.5) is 0 Å². The second-order valence-electron chi connectivity index (χ2n) is 5.43. The van der Waals surface area contributed by atoms with Crippen molar-refractivity contribution in [3.05, 3.63) is 17.5 Å². The van der Waals surface area contributed by atoms with Crippen molar-refractivity contribution in [2.45, 2.75) is 38.8 Å². The maximum absolute atomic E-state index is 6.11. The molecule has 0 atom stereocenters. The monoisotopic (exact) mass is 251 g/mol. The van der Waals surface area contributed by atoms with Crippen molar-refractivity contribution in [1.29, 1.82) is 0 Å². The van der Waals surface area contributed by atoms with Crippen LogP contribution in [0.5, 0.6) is 0 Å². The van der Waals surface area contributed by atoms with Gasteiger partial charge in [-0.25, -0.2) is 0 Å². The van der Waals surface area contributed by atoms with Gasteiger partial charge in [0.1, 0.15) is 11.0 Å². The zero-order valence-corrected chi connectivity index (χ0v) is 11.3. The third-order valence-electron chi connectivity index (χ3n) is 2.60. The van der Waals surface area contributed by atoms with Crippen molar-refractivity contribution in [3.8, 4) is 0 Å². The summed E-state index contributed by atoms with van der Waals surface area (Å²) >= 11 is 1.16. The second kappa shape index (κ2) is 3.69. The number of aromatic nitrogens is 3.